The van der Waals surface area contributed by atoms with Gasteiger partial charge < -0.3 is 9.47 Å². The van der Waals surface area contributed by atoms with Gasteiger partial charge in [-0.2, -0.15) is 0 Å². The number of ether oxygens (including phenoxy) is 2. The SMILES string of the molecule is COc1cc(Cl)cc(CS(=O)(=O)Cl)c1OC1CCC1. The Labute approximate surface area is 122 Å². The van der Waals surface area contributed by atoms with Crippen LogP contribution in [0.3, 0.4) is 0 Å². The van der Waals surface area contributed by atoms with E-state index in [0.29, 0.717) is 22.1 Å². The first-order chi connectivity index (χ1) is 8.89. The topological polar surface area (TPSA) is 52.6 Å². The molecular weight excluding hydrogens is 311 g/mol. The van der Waals surface area contributed by atoms with E-state index in [4.69, 9.17) is 31.8 Å². The second-order valence-electron chi connectivity index (χ2n) is 4.45. The van der Waals surface area contributed by atoms with Crippen molar-refractivity contribution >= 4 is 31.3 Å². The fourth-order valence-corrected chi connectivity index (χ4v) is 3.03. The molecule has 0 aliphatic heterocycles. The Morgan fingerprint density at radius 3 is 2.53 bits per heavy atom. The van der Waals surface area contributed by atoms with Gasteiger partial charge in [0.15, 0.2) is 11.5 Å². The summed E-state index contributed by atoms with van der Waals surface area (Å²) in [5.74, 6) is 0.503. The Kier molecular flexibility index (Phi) is 4.48. The Bertz CT molecular complexity index is 567. The summed E-state index contributed by atoms with van der Waals surface area (Å²) in [4.78, 5) is 0. The van der Waals surface area contributed by atoms with Gasteiger partial charge in [0.25, 0.3) is 0 Å². The fraction of sp³-hybridized carbons (Fsp3) is 0.500. The van der Waals surface area contributed by atoms with E-state index in [0.717, 1.165) is 19.3 Å². The molecule has 0 radical (unpaired) electrons. The van der Waals surface area contributed by atoms with E-state index in [2.05, 4.69) is 0 Å². The van der Waals surface area contributed by atoms with Gasteiger partial charge in [-0.05, 0) is 25.3 Å². The number of hydrogen-bond acceptors (Lipinski definition) is 4. The molecular formula is C12H14Cl2O4S. The highest BCUT2D eigenvalue weighted by Crippen LogP contribution is 2.39. The van der Waals surface area contributed by atoms with E-state index in [9.17, 15) is 8.42 Å². The molecule has 0 spiro atoms. The second kappa shape index (κ2) is 5.77. The Morgan fingerprint density at radius 2 is 2.05 bits per heavy atom. The minimum atomic E-state index is -3.69. The van der Waals surface area contributed by atoms with E-state index in [1.54, 1.807) is 6.07 Å². The molecule has 0 atom stereocenters. The zero-order valence-electron chi connectivity index (χ0n) is 10.4. The summed E-state index contributed by atoms with van der Waals surface area (Å²) in [6.45, 7) is 0. The number of benzene rings is 1. The molecule has 0 aromatic heterocycles. The van der Waals surface area contributed by atoms with Crippen molar-refractivity contribution in [1.82, 2.24) is 0 Å². The third-order valence-corrected chi connectivity index (χ3v) is 4.18. The molecule has 19 heavy (non-hydrogen) atoms. The molecule has 1 aromatic carbocycles. The van der Waals surface area contributed by atoms with Crippen LogP contribution in [-0.4, -0.2) is 21.6 Å². The quantitative estimate of drug-likeness (QED) is 0.779. The van der Waals surface area contributed by atoms with E-state index in [1.165, 1.54) is 13.2 Å². The standard InChI is InChI=1S/C12H14Cl2O4S/c1-17-11-6-9(13)5-8(7-19(14,15)16)12(11)18-10-3-2-4-10/h5-6,10H,2-4,7H2,1H3. The molecule has 1 aliphatic carbocycles. The summed E-state index contributed by atoms with van der Waals surface area (Å²) in [5.41, 5.74) is 0.422. The first-order valence-electron chi connectivity index (χ1n) is 5.84. The molecule has 0 saturated heterocycles. The smallest absolute Gasteiger partial charge is 0.236 e. The Balaban J connectivity index is 2.39. The number of rotatable bonds is 5. The molecule has 1 saturated carbocycles. The van der Waals surface area contributed by atoms with Crippen molar-refractivity contribution in [2.24, 2.45) is 0 Å². The van der Waals surface area contributed by atoms with Gasteiger partial charge in [0, 0.05) is 27.3 Å². The molecule has 1 aromatic rings. The predicted molar refractivity (Wildman–Crippen MR) is 74.7 cm³/mol. The normalized spacial score (nSPS) is 15.9. The summed E-state index contributed by atoms with van der Waals surface area (Å²) in [6.07, 6.45) is 3.13. The largest absolute Gasteiger partial charge is 0.493 e. The van der Waals surface area contributed by atoms with Gasteiger partial charge >= 0.3 is 0 Å². The van der Waals surface area contributed by atoms with Gasteiger partial charge in [-0.25, -0.2) is 8.42 Å². The lowest BCUT2D eigenvalue weighted by Gasteiger charge is -2.28. The van der Waals surface area contributed by atoms with Crippen LogP contribution >= 0.6 is 22.3 Å². The van der Waals surface area contributed by atoms with Gasteiger partial charge in [0.1, 0.15) is 0 Å². The number of halogens is 2. The zero-order chi connectivity index (χ0) is 14.0. The number of methoxy groups -OCH3 is 1. The highest BCUT2D eigenvalue weighted by Gasteiger charge is 2.24. The maximum atomic E-state index is 11.3. The van der Waals surface area contributed by atoms with Crippen molar-refractivity contribution in [3.63, 3.8) is 0 Å². The summed E-state index contributed by atoms with van der Waals surface area (Å²) >= 11 is 5.94. The Morgan fingerprint density at radius 1 is 1.37 bits per heavy atom. The average molecular weight is 325 g/mol. The van der Waals surface area contributed by atoms with Crippen LogP contribution in [0.4, 0.5) is 0 Å². The summed E-state index contributed by atoms with van der Waals surface area (Å²) in [7, 11) is 3.10. The highest BCUT2D eigenvalue weighted by molar-refractivity contribution is 8.13. The third kappa shape index (κ3) is 3.91. The summed E-state index contributed by atoms with van der Waals surface area (Å²) < 4.78 is 33.5. The van der Waals surface area contributed by atoms with Crippen molar-refractivity contribution < 1.29 is 17.9 Å². The molecule has 4 nitrogen and oxygen atoms in total. The lowest BCUT2D eigenvalue weighted by atomic mass is 9.96. The van der Waals surface area contributed by atoms with Crippen LogP contribution < -0.4 is 9.47 Å². The first-order valence-corrected chi connectivity index (χ1v) is 8.70. The summed E-state index contributed by atoms with van der Waals surface area (Å²) in [6, 6.07) is 3.14. The minimum Gasteiger partial charge on any atom is -0.493 e. The van der Waals surface area contributed by atoms with Crippen LogP contribution in [0.2, 0.25) is 5.02 Å². The van der Waals surface area contributed by atoms with Crippen molar-refractivity contribution in [3.05, 3.63) is 22.7 Å². The van der Waals surface area contributed by atoms with Gasteiger partial charge in [-0.1, -0.05) is 11.6 Å². The van der Waals surface area contributed by atoms with Crippen LogP contribution in [0, 0.1) is 0 Å². The van der Waals surface area contributed by atoms with Crippen LogP contribution in [-0.2, 0) is 14.8 Å². The van der Waals surface area contributed by atoms with E-state index < -0.39 is 9.05 Å². The van der Waals surface area contributed by atoms with Gasteiger partial charge in [-0.3, -0.25) is 0 Å². The molecule has 0 unspecified atom stereocenters. The number of hydrogen-bond donors (Lipinski definition) is 0. The molecule has 2 rings (SSSR count). The highest BCUT2D eigenvalue weighted by atomic mass is 35.7. The van der Waals surface area contributed by atoms with Gasteiger partial charge in [-0.15, -0.1) is 0 Å². The lowest BCUT2D eigenvalue weighted by Crippen LogP contribution is -2.25. The average Bonchev–Trinajstić information content (AvgIpc) is 2.22. The summed E-state index contributed by atoms with van der Waals surface area (Å²) in [5, 5.41) is 0.383. The van der Waals surface area contributed by atoms with Crippen molar-refractivity contribution in [2.75, 3.05) is 7.11 Å². The van der Waals surface area contributed by atoms with Crippen LogP contribution in [0.15, 0.2) is 12.1 Å². The monoisotopic (exact) mass is 324 g/mol. The minimum absolute atomic E-state index is 0.104. The first kappa shape index (κ1) is 14.8. The lowest BCUT2D eigenvalue weighted by molar-refractivity contribution is 0.115. The molecule has 1 aliphatic rings. The van der Waals surface area contributed by atoms with Crippen molar-refractivity contribution in [1.29, 1.82) is 0 Å². The van der Waals surface area contributed by atoms with Crippen molar-refractivity contribution in [3.8, 4) is 11.5 Å². The Hall–Kier alpha value is -0.650. The molecule has 1 fully saturated rings. The maximum Gasteiger partial charge on any atom is 0.236 e. The third-order valence-electron chi connectivity index (χ3n) is 2.98. The molecule has 0 bridgehead atoms. The maximum absolute atomic E-state index is 11.3. The molecule has 0 heterocycles. The zero-order valence-corrected chi connectivity index (χ0v) is 12.7. The van der Waals surface area contributed by atoms with E-state index in [1.807, 2.05) is 0 Å². The van der Waals surface area contributed by atoms with Crippen LogP contribution in [0.25, 0.3) is 0 Å². The van der Waals surface area contributed by atoms with Gasteiger partial charge in [0.05, 0.1) is 19.0 Å². The fourth-order valence-electron chi connectivity index (χ4n) is 1.86. The van der Waals surface area contributed by atoms with Crippen LogP contribution in [0.5, 0.6) is 11.5 Å². The van der Waals surface area contributed by atoms with E-state index in [-0.39, 0.29) is 11.9 Å². The molecule has 0 amide bonds. The molecule has 7 heteroatoms. The molecule has 106 valence electrons. The van der Waals surface area contributed by atoms with Crippen molar-refractivity contribution in [2.45, 2.75) is 31.1 Å². The molecule has 0 N–H and O–H groups in total. The van der Waals surface area contributed by atoms with E-state index >= 15 is 0 Å². The van der Waals surface area contributed by atoms with Gasteiger partial charge in [0.2, 0.25) is 9.05 Å². The second-order valence-corrected chi connectivity index (χ2v) is 7.66. The van der Waals surface area contributed by atoms with Crippen LogP contribution in [0.1, 0.15) is 24.8 Å². The predicted octanol–water partition coefficient (Wildman–Crippen LogP) is 3.35.